The molecule has 0 saturated carbocycles. The molecule has 2 aromatic rings. The van der Waals surface area contributed by atoms with Crippen LogP contribution >= 0.6 is 0 Å². The summed E-state index contributed by atoms with van der Waals surface area (Å²) in [7, 11) is 0. The van der Waals surface area contributed by atoms with Crippen LogP contribution < -0.4 is 5.32 Å². The molecule has 0 aliphatic carbocycles. The maximum Gasteiger partial charge on any atom is 0.258 e. The van der Waals surface area contributed by atoms with Gasteiger partial charge in [-0.15, -0.1) is 0 Å². The number of aromatic nitrogens is 2. The first-order chi connectivity index (χ1) is 10.7. The van der Waals surface area contributed by atoms with Crippen LogP contribution in [0.15, 0.2) is 33.7 Å². The predicted molar refractivity (Wildman–Crippen MR) is 82.7 cm³/mol. The summed E-state index contributed by atoms with van der Waals surface area (Å²) >= 11 is -0.986. The zero-order valence-corrected chi connectivity index (χ0v) is 13.3. The van der Waals surface area contributed by atoms with Crippen molar-refractivity contribution in [2.24, 2.45) is 0 Å². The molecule has 0 amide bonds. The first-order valence-electron chi connectivity index (χ1n) is 7.31. The average molecular weight is 321 g/mol. The monoisotopic (exact) mass is 321 g/mol. The van der Waals surface area contributed by atoms with Crippen LogP contribution in [-0.4, -0.2) is 40.1 Å². The van der Waals surface area contributed by atoms with E-state index in [4.69, 9.17) is 9.26 Å². The van der Waals surface area contributed by atoms with Crippen LogP contribution in [0, 0.1) is 0 Å². The third-order valence-electron chi connectivity index (χ3n) is 3.64. The molecule has 7 heteroatoms. The number of hydrogen-bond donors (Lipinski definition) is 1. The van der Waals surface area contributed by atoms with E-state index in [-0.39, 0.29) is 6.10 Å². The molecule has 1 aliphatic heterocycles. The molecule has 2 heterocycles. The van der Waals surface area contributed by atoms with Gasteiger partial charge in [-0.2, -0.15) is 4.98 Å². The van der Waals surface area contributed by atoms with Crippen molar-refractivity contribution in [2.75, 3.05) is 19.3 Å². The molecule has 22 heavy (non-hydrogen) atoms. The van der Waals surface area contributed by atoms with Crippen molar-refractivity contribution in [1.29, 1.82) is 0 Å². The normalized spacial score (nSPS) is 17.5. The molecule has 6 nitrogen and oxygen atoms in total. The van der Waals surface area contributed by atoms with E-state index in [1.165, 1.54) is 0 Å². The summed E-state index contributed by atoms with van der Waals surface area (Å²) in [5.74, 6) is 1.01. The summed E-state index contributed by atoms with van der Waals surface area (Å²) in [5, 5.41) is 7.25. The number of nitrogens with zero attached hydrogens (tertiary/aromatic N) is 2. The van der Waals surface area contributed by atoms with Gasteiger partial charge in [-0.3, -0.25) is 0 Å². The largest absolute Gasteiger partial charge is 0.612 e. The van der Waals surface area contributed by atoms with E-state index in [9.17, 15) is 4.55 Å². The molecule has 1 fully saturated rings. The highest BCUT2D eigenvalue weighted by Gasteiger charge is 2.16. The fourth-order valence-electron chi connectivity index (χ4n) is 2.37. The number of rotatable bonds is 5. The van der Waals surface area contributed by atoms with Gasteiger partial charge in [0.2, 0.25) is 0 Å². The first kappa shape index (κ1) is 15.5. The van der Waals surface area contributed by atoms with Crippen LogP contribution in [0.5, 0.6) is 0 Å². The van der Waals surface area contributed by atoms with Gasteiger partial charge in [0.25, 0.3) is 5.89 Å². The van der Waals surface area contributed by atoms with Gasteiger partial charge in [-0.1, -0.05) is 5.16 Å². The Balaban J connectivity index is 1.60. The second-order valence-corrected chi connectivity index (χ2v) is 6.63. The second kappa shape index (κ2) is 7.23. The van der Waals surface area contributed by atoms with Crippen molar-refractivity contribution in [3.8, 4) is 11.5 Å². The highest BCUT2D eigenvalue weighted by molar-refractivity contribution is 7.90. The smallest absolute Gasteiger partial charge is 0.258 e. The highest BCUT2D eigenvalue weighted by atomic mass is 32.2. The molecule has 0 radical (unpaired) electrons. The number of hydrogen-bond acceptors (Lipinski definition) is 6. The van der Waals surface area contributed by atoms with E-state index in [1.54, 1.807) is 18.4 Å². The summed E-state index contributed by atoms with van der Waals surface area (Å²) in [6.07, 6.45) is 3.94. The summed E-state index contributed by atoms with van der Waals surface area (Å²) < 4.78 is 22.4. The number of benzene rings is 1. The van der Waals surface area contributed by atoms with Gasteiger partial charge in [0.05, 0.1) is 6.10 Å². The minimum atomic E-state index is -0.986. The Kier molecular flexibility index (Phi) is 5.09. The fourth-order valence-corrected chi connectivity index (χ4v) is 2.89. The highest BCUT2D eigenvalue weighted by Crippen LogP contribution is 2.20. The van der Waals surface area contributed by atoms with Crippen LogP contribution in [0.25, 0.3) is 11.5 Å². The molecule has 118 valence electrons. The minimum absolute atomic E-state index is 0.266. The Hall–Kier alpha value is -1.41. The SMILES string of the molecule is C[S+]([O-])c1ccc(-c2nc(COC3CCNCC3)no2)cc1. The van der Waals surface area contributed by atoms with E-state index < -0.39 is 11.2 Å². The molecule has 1 aliphatic rings. The van der Waals surface area contributed by atoms with Crippen molar-refractivity contribution in [3.63, 3.8) is 0 Å². The van der Waals surface area contributed by atoms with E-state index in [2.05, 4.69) is 15.5 Å². The summed E-state index contributed by atoms with van der Waals surface area (Å²) in [4.78, 5) is 5.12. The minimum Gasteiger partial charge on any atom is -0.612 e. The van der Waals surface area contributed by atoms with Crippen LogP contribution in [0.2, 0.25) is 0 Å². The molecular formula is C15H19N3O3S. The van der Waals surface area contributed by atoms with Crippen molar-refractivity contribution in [2.45, 2.75) is 30.4 Å². The van der Waals surface area contributed by atoms with Gasteiger partial charge < -0.3 is 19.1 Å². The standard InChI is InChI=1S/C15H19N3O3S/c1-22(19)13-4-2-11(3-5-13)15-17-14(18-21-15)10-20-12-6-8-16-9-7-12/h2-5,12,16H,6-10H2,1H3. The maximum atomic E-state index is 11.4. The van der Waals surface area contributed by atoms with Crippen LogP contribution in [0.3, 0.4) is 0 Å². The molecule has 0 spiro atoms. The average Bonchev–Trinajstić information content (AvgIpc) is 3.03. The third kappa shape index (κ3) is 3.86. The Morgan fingerprint density at radius 2 is 2.05 bits per heavy atom. The van der Waals surface area contributed by atoms with E-state index in [1.807, 2.05) is 12.1 Å². The lowest BCUT2D eigenvalue weighted by Gasteiger charge is -2.22. The van der Waals surface area contributed by atoms with E-state index in [0.717, 1.165) is 36.4 Å². The molecule has 1 aromatic heterocycles. The number of ether oxygens (including phenoxy) is 1. The quantitative estimate of drug-likeness (QED) is 0.845. The predicted octanol–water partition coefficient (Wildman–Crippen LogP) is 1.74. The molecule has 1 aromatic carbocycles. The van der Waals surface area contributed by atoms with Gasteiger partial charge in [0.15, 0.2) is 10.7 Å². The topological polar surface area (TPSA) is 83.2 Å². The molecule has 0 bridgehead atoms. The lowest BCUT2D eigenvalue weighted by molar-refractivity contribution is 0.0170. The van der Waals surface area contributed by atoms with Gasteiger partial charge in [0.1, 0.15) is 12.9 Å². The zero-order chi connectivity index (χ0) is 15.4. The Morgan fingerprint density at radius 1 is 1.32 bits per heavy atom. The molecular weight excluding hydrogens is 302 g/mol. The zero-order valence-electron chi connectivity index (χ0n) is 12.4. The second-order valence-electron chi connectivity index (χ2n) is 5.25. The van der Waals surface area contributed by atoms with Crippen LogP contribution in [0.4, 0.5) is 0 Å². The van der Waals surface area contributed by atoms with Gasteiger partial charge in [0, 0.05) is 5.56 Å². The van der Waals surface area contributed by atoms with Gasteiger partial charge in [-0.05, 0) is 61.4 Å². The lowest BCUT2D eigenvalue weighted by Crippen LogP contribution is -2.32. The molecule has 1 saturated heterocycles. The molecule has 3 rings (SSSR count). The first-order valence-corrected chi connectivity index (χ1v) is 8.87. The van der Waals surface area contributed by atoms with E-state index >= 15 is 0 Å². The third-order valence-corrected chi connectivity index (χ3v) is 4.57. The number of nitrogens with one attached hydrogen (secondary N) is 1. The number of piperidine rings is 1. The molecule has 1 atom stereocenters. The maximum absolute atomic E-state index is 11.4. The van der Waals surface area contributed by atoms with Crippen molar-refractivity contribution in [1.82, 2.24) is 15.5 Å². The Morgan fingerprint density at radius 3 is 2.73 bits per heavy atom. The van der Waals surface area contributed by atoms with Crippen molar-refractivity contribution >= 4 is 11.2 Å². The Labute approximate surface area is 132 Å². The molecule has 1 unspecified atom stereocenters. The van der Waals surface area contributed by atoms with E-state index in [0.29, 0.717) is 18.3 Å². The van der Waals surface area contributed by atoms with Crippen LogP contribution in [0.1, 0.15) is 18.7 Å². The van der Waals surface area contributed by atoms with Crippen molar-refractivity contribution in [3.05, 3.63) is 30.1 Å². The van der Waals surface area contributed by atoms with Gasteiger partial charge in [-0.25, -0.2) is 0 Å². The fraction of sp³-hybridized carbons (Fsp3) is 0.467. The van der Waals surface area contributed by atoms with Gasteiger partial charge >= 0.3 is 0 Å². The van der Waals surface area contributed by atoms with Crippen LogP contribution in [-0.2, 0) is 22.5 Å². The summed E-state index contributed by atoms with van der Waals surface area (Å²) in [6, 6.07) is 7.28. The Bertz CT molecular complexity index is 594. The van der Waals surface area contributed by atoms with Crippen molar-refractivity contribution < 1.29 is 13.8 Å². The summed E-state index contributed by atoms with van der Waals surface area (Å²) in [5.41, 5.74) is 0.815. The summed E-state index contributed by atoms with van der Waals surface area (Å²) in [6.45, 7) is 2.35. The molecule has 1 N–H and O–H groups in total. The lowest BCUT2D eigenvalue weighted by atomic mass is 10.1.